The number of benzene rings is 2. The molecule has 0 N–H and O–H groups in total. The summed E-state index contributed by atoms with van der Waals surface area (Å²) in [7, 11) is 0. The van der Waals surface area contributed by atoms with Crippen LogP contribution in [0, 0.1) is 6.07 Å². The Kier molecular flexibility index (Phi) is 4.43. The minimum absolute atomic E-state index is 0.671. The third-order valence-corrected chi connectivity index (χ3v) is 6.72. The second-order valence-corrected chi connectivity index (χ2v) is 8.12. The molecule has 0 heterocycles. The van der Waals surface area contributed by atoms with Gasteiger partial charge in [0.05, 0.1) is 0 Å². The summed E-state index contributed by atoms with van der Waals surface area (Å²) in [4.78, 5) is 0. The Balaban J connectivity index is 2.24. The molecule has 2 rings (SSSR count). The summed E-state index contributed by atoms with van der Waals surface area (Å²) < 4.78 is 1.60. The fourth-order valence-electron chi connectivity index (χ4n) is 2.29. The normalized spacial score (nSPS) is 10.2. The summed E-state index contributed by atoms with van der Waals surface area (Å²) in [6.07, 6.45) is 0. The first-order valence-electron chi connectivity index (χ1n) is 6.41. The molecule has 17 heavy (non-hydrogen) atoms. The van der Waals surface area contributed by atoms with Crippen LogP contribution >= 0.6 is 0 Å². The molecule has 0 nitrogen and oxygen atoms in total. The van der Waals surface area contributed by atoms with Gasteiger partial charge in [-0.25, -0.2) is 0 Å². The molecule has 1 heteroatoms. The van der Waals surface area contributed by atoms with Crippen LogP contribution in [-0.2, 0) is 0 Å². The van der Waals surface area contributed by atoms with Gasteiger partial charge in [0.2, 0.25) is 0 Å². The van der Waals surface area contributed by atoms with Crippen molar-refractivity contribution in [3.05, 3.63) is 54.6 Å². The maximum atomic E-state index is 3.06. The zero-order valence-corrected chi connectivity index (χ0v) is 11.8. The van der Waals surface area contributed by atoms with E-state index in [0.29, 0.717) is 0 Å². The van der Waals surface area contributed by atoms with Crippen molar-refractivity contribution in [2.45, 2.75) is 24.4 Å². The van der Waals surface area contributed by atoms with Crippen LogP contribution < -0.4 is 4.43 Å². The average molecular weight is 237 g/mol. The van der Waals surface area contributed by atoms with E-state index in [4.69, 9.17) is 0 Å². The molecule has 2 aromatic carbocycles. The van der Waals surface area contributed by atoms with E-state index < -0.39 is 14.1 Å². The van der Waals surface area contributed by atoms with Gasteiger partial charge in [0.15, 0.2) is 0 Å². The Morgan fingerprint density at radius 1 is 0.824 bits per heavy atom. The predicted octanol–water partition coefficient (Wildman–Crippen LogP) is 3.90. The standard InChI is InChI=1S/C12H8.2C2H5.Al/c1-3-7-11(8-4-1)12-9-5-2-6-10-12;2*1-2;/h3-10H;2*1H2,2H3;. The maximum Gasteiger partial charge on any atom is 0.305 e. The van der Waals surface area contributed by atoms with E-state index in [2.05, 4.69) is 56.3 Å². The SMILES string of the molecule is C[CH2][Al]([CH2]C)[c]1ccc(-c2cc[c]cc2)cc1. The van der Waals surface area contributed by atoms with Gasteiger partial charge in [-0.3, -0.25) is 0 Å². The second kappa shape index (κ2) is 6.05. The molecule has 0 spiro atoms. The van der Waals surface area contributed by atoms with Crippen LogP contribution in [0.25, 0.3) is 11.1 Å². The van der Waals surface area contributed by atoms with Crippen LogP contribution in [0.3, 0.4) is 0 Å². The minimum Gasteiger partial charge on any atom is -0.110 e. The smallest absolute Gasteiger partial charge is 0.110 e. The monoisotopic (exact) mass is 237 g/mol. The molecule has 0 bridgehead atoms. The molecule has 0 unspecified atom stereocenters. The van der Waals surface area contributed by atoms with Gasteiger partial charge in [-0.2, -0.15) is 0 Å². The fourth-order valence-corrected chi connectivity index (χ4v) is 4.54. The topological polar surface area (TPSA) is 0 Å². The lowest BCUT2D eigenvalue weighted by Gasteiger charge is -2.08. The van der Waals surface area contributed by atoms with E-state index in [-0.39, 0.29) is 0 Å². The molecule has 0 aliphatic heterocycles. The summed E-state index contributed by atoms with van der Waals surface area (Å²) in [5.74, 6) is 0. The Hall–Kier alpha value is -1.03. The first-order chi connectivity index (χ1) is 8.35. The van der Waals surface area contributed by atoms with Crippen molar-refractivity contribution in [3.8, 4) is 11.1 Å². The molecule has 0 fully saturated rings. The molecule has 0 aliphatic carbocycles. The molecule has 2 aromatic rings. The maximum absolute atomic E-state index is 3.06. The molecule has 85 valence electrons. The van der Waals surface area contributed by atoms with Gasteiger partial charge in [-0.15, -0.1) is 4.43 Å². The fraction of sp³-hybridized carbons (Fsp3) is 0.250. The lowest BCUT2D eigenvalue weighted by atomic mass is 10.1. The van der Waals surface area contributed by atoms with Gasteiger partial charge in [-0.05, 0) is 17.2 Å². The van der Waals surface area contributed by atoms with E-state index in [0.717, 1.165) is 0 Å². The summed E-state index contributed by atoms with van der Waals surface area (Å²) in [5.41, 5.74) is 2.59. The van der Waals surface area contributed by atoms with Crippen molar-refractivity contribution in [3.63, 3.8) is 0 Å². The molecule has 1 radical (unpaired) electrons. The van der Waals surface area contributed by atoms with Crippen molar-refractivity contribution in [1.82, 2.24) is 0 Å². The van der Waals surface area contributed by atoms with Crippen LogP contribution in [0.5, 0.6) is 0 Å². The van der Waals surface area contributed by atoms with Crippen LogP contribution in [0.4, 0.5) is 0 Å². The van der Waals surface area contributed by atoms with Crippen LogP contribution in [0.1, 0.15) is 13.8 Å². The van der Waals surface area contributed by atoms with Crippen LogP contribution in [0.2, 0.25) is 10.6 Å². The summed E-state index contributed by atoms with van der Waals surface area (Å²) in [6, 6.07) is 20.4. The van der Waals surface area contributed by atoms with Crippen molar-refractivity contribution < 1.29 is 0 Å². The van der Waals surface area contributed by atoms with Crippen molar-refractivity contribution >= 4 is 18.6 Å². The van der Waals surface area contributed by atoms with E-state index >= 15 is 0 Å². The third-order valence-electron chi connectivity index (χ3n) is 3.42. The average Bonchev–Trinajstić information content (AvgIpc) is 2.42. The number of hydrogen-bond donors (Lipinski definition) is 0. The Bertz CT molecular complexity index is 441. The van der Waals surface area contributed by atoms with Crippen LogP contribution in [0.15, 0.2) is 48.5 Å². The van der Waals surface area contributed by atoms with E-state index in [1.807, 2.05) is 12.1 Å². The summed E-state index contributed by atoms with van der Waals surface area (Å²) in [5, 5.41) is 2.71. The Labute approximate surface area is 109 Å². The van der Waals surface area contributed by atoms with Gasteiger partial charge in [0.25, 0.3) is 0 Å². The molecule has 0 aromatic heterocycles. The molecule has 0 amide bonds. The quantitative estimate of drug-likeness (QED) is 0.707. The Morgan fingerprint density at radius 3 is 1.88 bits per heavy atom. The van der Waals surface area contributed by atoms with Gasteiger partial charge in [0.1, 0.15) is 0 Å². The van der Waals surface area contributed by atoms with Crippen molar-refractivity contribution in [2.24, 2.45) is 0 Å². The number of hydrogen-bond acceptors (Lipinski definition) is 0. The zero-order chi connectivity index (χ0) is 12.1. The highest BCUT2D eigenvalue weighted by Gasteiger charge is 2.14. The van der Waals surface area contributed by atoms with E-state index in [1.54, 1.807) is 4.43 Å². The molecule has 0 atom stereocenters. The van der Waals surface area contributed by atoms with Gasteiger partial charge in [-0.1, -0.05) is 72.9 Å². The molecular formula is C16H18Al. The molecular weight excluding hydrogens is 219 g/mol. The largest absolute Gasteiger partial charge is 0.305 e. The van der Waals surface area contributed by atoms with Gasteiger partial charge in [0, 0.05) is 0 Å². The highest BCUT2D eigenvalue weighted by Crippen LogP contribution is 2.17. The highest BCUT2D eigenvalue weighted by atomic mass is 27.2. The second-order valence-electron chi connectivity index (χ2n) is 4.42. The minimum atomic E-state index is -0.671. The third kappa shape index (κ3) is 3.00. The summed E-state index contributed by atoms with van der Waals surface area (Å²) in [6.45, 7) is 4.64. The van der Waals surface area contributed by atoms with Crippen LogP contribution in [-0.4, -0.2) is 14.1 Å². The Morgan fingerprint density at radius 2 is 1.35 bits per heavy atom. The van der Waals surface area contributed by atoms with Gasteiger partial charge < -0.3 is 0 Å². The van der Waals surface area contributed by atoms with Crippen molar-refractivity contribution in [2.75, 3.05) is 0 Å². The van der Waals surface area contributed by atoms with E-state index in [9.17, 15) is 0 Å². The number of rotatable bonds is 4. The molecule has 0 saturated carbocycles. The first kappa shape index (κ1) is 12.4. The predicted molar refractivity (Wildman–Crippen MR) is 77.1 cm³/mol. The zero-order valence-electron chi connectivity index (χ0n) is 10.6. The van der Waals surface area contributed by atoms with E-state index in [1.165, 1.54) is 21.7 Å². The molecule has 0 aliphatic rings. The lowest BCUT2D eigenvalue weighted by molar-refractivity contribution is 1.33. The lowest BCUT2D eigenvalue weighted by Crippen LogP contribution is -2.27. The molecule has 0 saturated heterocycles. The summed E-state index contributed by atoms with van der Waals surface area (Å²) >= 11 is -0.671. The first-order valence-corrected chi connectivity index (χ1v) is 8.62. The van der Waals surface area contributed by atoms with Gasteiger partial charge >= 0.3 is 14.1 Å². The highest BCUT2D eigenvalue weighted by molar-refractivity contribution is 6.73. The van der Waals surface area contributed by atoms with Crippen molar-refractivity contribution in [1.29, 1.82) is 0 Å².